The number of hydrazine groups is 1. The van der Waals surface area contributed by atoms with Crippen LogP contribution in [0.1, 0.15) is 17.2 Å². The molecule has 0 aliphatic carbocycles. The van der Waals surface area contributed by atoms with Gasteiger partial charge in [0, 0.05) is 6.54 Å². The van der Waals surface area contributed by atoms with Crippen LogP contribution in [0.25, 0.3) is 0 Å². The van der Waals surface area contributed by atoms with Gasteiger partial charge in [0.25, 0.3) is 0 Å². The number of ether oxygens (including phenoxy) is 1. The Balaban J connectivity index is 1.64. The predicted octanol–water partition coefficient (Wildman–Crippen LogP) is 1.40. The standard InChI is InChI=1S/C19H19N3O3/c1-25-14-9-7-13(8-10-14)16-15-17(19(24)20-18(15)23)22(21-16)11-12-5-3-2-4-6-12/h2-10,15-17,21H,11H2,1H3,(H,20,23,24). The second-order valence-electron chi connectivity index (χ2n) is 6.32. The van der Waals surface area contributed by atoms with Crippen molar-refractivity contribution in [1.82, 2.24) is 15.8 Å². The Labute approximate surface area is 145 Å². The summed E-state index contributed by atoms with van der Waals surface area (Å²) in [6.07, 6.45) is 0. The summed E-state index contributed by atoms with van der Waals surface area (Å²) in [5.74, 6) is -0.149. The van der Waals surface area contributed by atoms with Crippen molar-refractivity contribution in [2.75, 3.05) is 7.11 Å². The smallest absolute Gasteiger partial charge is 0.246 e. The lowest BCUT2D eigenvalue weighted by molar-refractivity contribution is -0.127. The first-order valence-electron chi connectivity index (χ1n) is 8.23. The molecule has 3 unspecified atom stereocenters. The molecule has 0 aromatic heterocycles. The molecule has 0 bridgehead atoms. The predicted molar refractivity (Wildman–Crippen MR) is 91.3 cm³/mol. The van der Waals surface area contributed by atoms with Crippen LogP contribution in [0.5, 0.6) is 5.75 Å². The fourth-order valence-electron chi connectivity index (χ4n) is 3.61. The van der Waals surface area contributed by atoms with Gasteiger partial charge < -0.3 is 4.74 Å². The number of rotatable bonds is 4. The maximum atomic E-state index is 12.3. The Morgan fingerprint density at radius 3 is 2.40 bits per heavy atom. The van der Waals surface area contributed by atoms with E-state index < -0.39 is 12.0 Å². The summed E-state index contributed by atoms with van der Waals surface area (Å²) in [4.78, 5) is 24.7. The topological polar surface area (TPSA) is 70.7 Å². The van der Waals surface area contributed by atoms with Gasteiger partial charge in [-0.25, -0.2) is 10.4 Å². The van der Waals surface area contributed by atoms with Crippen molar-refractivity contribution in [3.8, 4) is 5.75 Å². The van der Waals surface area contributed by atoms with Gasteiger partial charge in [-0.2, -0.15) is 0 Å². The molecule has 25 heavy (non-hydrogen) atoms. The average molecular weight is 337 g/mol. The van der Waals surface area contributed by atoms with Crippen molar-refractivity contribution in [1.29, 1.82) is 0 Å². The van der Waals surface area contributed by atoms with E-state index in [0.29, 0.717) is 6.54 Å². The van der Waals surface area contributed by atoms with Crippen molar-refractivity contribution in [3.05, 3.63) is 65.7 Å². The van der Waals surface area contributed by atoms with E-state index in [1.165, 1.54) is 0 Å². The Morgan fingerprint density at radius 2 is 1.72 bits per heavy atom. The highest BCUT2D eigenvalue weighted by Crippen LogP contribution is 2.37. The molecule has 128 valence electrons. The van der Waals surface area contributed by atoms with Crippen molar-refractivity contribution >= 4 is 11.8 Å². The van der Waals surface area contributed by atoms with Gasteiger partial charge in [-0.15, -0.1) is 0 Å². The lowest BCUT2D eigenvalue weighted by Gasteiger charge is -2.22. The molecular weight excluding hydrogens is 318 g/mol. The lowest BCUT2D eigenvalue weighted by Crippen LogP contribution is -2.43. The molecule has 2 heterocycles. The summed E-state index contributed by atoms with van der Waals surface area (Å²) in [5, 5.41) is 4.34. The number of carbonyl (C=O) groups excluding carboxylic acids is 2. The zero-order valence-corrected chi connectivity index (χ0v) is 13.8. The van der Waals surface area contributed by atoms with Crippen LogP contribution in [-0.2, 0) is 16.1 Å². The SMILES string of the molecule is COc1ccc(C2NN(Cc3ccccc3)C3C(=O)NC(=O)C23)cc1. The molecule has 2 aromatic carbocycles. The molecule has 6 heteroatoms. The number of benzene rings is 2. The molecule has 2 aliphatic rings. The second kappa shape index (κ2) is 6.31. The highest BCUT2D eigenvalue weighted by atomic mass is 16.5. The Kier molecular flexibility index (Phi) is 3.99. The molecule has 3 atom stereocenters. The Bertz CT molecular complexity index is 791. The zero-order chi connectivity index (χ0) is 17.4. The van der Waals surface area contributed by atoms with E-state index in [-0.39, 0.29) is 17.9 Å². The Hall–Kier alpha value is -2.70. The van der Waals surface area contributed by atoms with Crippen LogP contribution >= 0.6 is 0 Å². The third-order valence-corrected chi connectivity index (χ3v) is 4.83. The highest BCUT2D eigenvalue weighted by molar-refractivity contribution is 6.07. The number of hydrogen-bond acceptors (Lipinski definition) is 5. The second-order valence-corrected chi connectivity index (χ2v) is 6.32. The molecule has 2 amide bonds. The molecule has 6 nitrogen and oxygen atoms in total. The van der Waals surface area contributed by atoms with Gasteiger partial charge in [-0.1, -0.05) is 42.5 Å². The van der Waals surface area contributed by atoms with Crippen LogP contribution in [0.15, 0.2) is 54.6 Å². The molecule has 0 radical (unpaired) electrons. The third-order valence-electron chi connectivity index (χ3n) is 4.83. The molecule has 2 fully saturated rings. The van der Waals surface area contributed by atoms with Crippen LogP contribution in [0.3, 0.4) is 0 Å². The normalized spacial score (nSPS) is 25.7. The summed E-state index contributed by atoms with van der Waals surface area (Å²) in [5.41, 5.74) is 5.40. The number of nitrogens with one attached hydrogen (secondary N) is 2. The number of amides is 2. The van der Waals surface area contributed by atoms with Crippen LogP contribution < -0.4 is 15.5 Å². The first-order valence-corrected chi connectivity index (χ1v) is 8.23. The molecule has 2 aromatic rings. The van der Waals surface area contributed by atoms with E-state index in [1.807, 2.05) is 59.6 Å². The molecule has 2 N–H and O–H groups in total. The molecular formula is C19H19N3O3. The maximum Gasteiger partial charge on any atom is 0.246 e. The van der Waals surface area contributed by atoms with Gasteiger partial charge >= 0.3 is 0 Å². The summed E-state index contributed by atoms with van der Waals surface area (Å²) >= 11 is 0. The van der Waals surface area contributed by atoms with Gasteiger partial charge in [0.2, 0.25) is 11.8 Å². The minimum atomic E-state index is -0.500. The van der Waals surface area contributed by atoms with E-state index in [9.17, 15) is 9.59 Å². The third kappa shape index (κ3) is 2.79. The zero-order valence-electron chi connectivity index (χ0n) is 13.8. The summed E-state index contributed by atoms with van der Waals surface area (Å²) in [6, 6.07) is 16.7. The van der Waals surface area contributed by atoms with E-state index in [0.717, 1.165) is 16.9 Å². The molecule has 4 rings (SSSR count). The average Bonchev–Trinajstić information content (AvgIpc) is 3.15. The molecule has 2 aliphatic heterocycles. The van der Waals surface area contributed by atoms with Crippen molar-refractivity contribution in [3.63, 3.8) is 0 Å². The van der Waals surface area contributed by atoms with Crippen molar-refractivity contribution in [2.24, 2.45) is 5.92 Å². The number of imide groups is 1. The summed E-state index contributed by atoms with van der Waals surface area (Å²) in [6.45, 7) is 0.551. The van der Waals surface area contributed by atoms with Gasteiger partial charge in [-0.05, 0) is 23.3 Å². The van der Waals surface area contributed by atoms with E-state index in [1.54, 1.807) is 7.11 Å². The number of nitrogens with zero attached hydrogens (tertiary/aromatic N) is 1. The van der Waals surface area contributed by atoms with Crippen LogP contribution in [-0.4, -0.2) is 30.0 Å². The Morgan fingerprint density at radius 1 is 1.00 bits per heavy atom. The van der Waals surface area contributed by atoms with Gasteiger partial charge in [0.15, 0.2) is 0 Å². The fraction of sp³-hybridized carbons (Fsp3) is 0.263. The number of carbonyl (C=O) groups is 2. The van der Waals surface area contributed by atoms with Gasteiger partial charge in [0.1, 0.15) is 11.8 Å². The lowest BCUT2D eigenvalue weighted by atomic mass is 9.91. The minimum absolute atomic E-state index is 0.223. The van der Waals surface area contributed by atoms with E-state index in [2.05, 4.69) is 10.7 Å². The van der Waals surface area contributed by atoms with Gasteiger partial charge in [-0.3, -0.25) is 14.9 Å². The highest BCUT2D eigenvalue weighted by Gasteiger charge is 2.54. The largest absolute Gasteiger partial charge is 0.497 e. The summed E-state index contributed by atoms with van der Waals surface area (Å²) < 4.78 is 5.19. The van der Waals surface area contributed by atoms with Crippen LogP contribution in [0, 0.1) is 5.92 Å². The minimum Gasteiger partial charge on any atom is -0.497 e. The number of methoxy groups -OCH3 is 1. The number of fused-ring (bicyclic) bond motifs is 1. The van der Waals surface area contributed by atoms with Crippen molar-refractivity contribution < 1.29 is 14.3 Å². The quantitative estimate of drug-likeness (QED) is 0.825. The van der Waals surface area contributed by atoms with E-state index in [4.69, 9.17) is 4.74 Å². The molecule has 0 saturated carbocycles. The van der Waals surface area contributed by atoms with Crippen LogP contribution in [0.2, 0.25) is 0 Å². The summed E-state index contributed by atoms with van der Waals surface area (Å²) in [7, 11) is 1.61. The van der Waals surface area contributed by atoms with Gasteiger partial charge in [0.05, 0.1) is 19.1 Å². The monoisotopic (exact) mass is 337 g/mol. The fourth-order valence-corrected chi connectivity index (χ4v) is 3.61. The molecule has 2 saturated heterocycles. The van der Waals surface area contributed by atoms with E-state index >= 15 is 0 Å². The molecule has 0 spiro atoms. The van der Waals surface area contributed by atoms with Crippen molar-refractivity contribution in [2.45, 2.75) is 18.6 Å². The number of hydrogen-bond donors (Lipinski definition) is 2. The first kappa shape index (κ1) is 15.8. The first-order chi connectivity index (χ1) is 12.2. The van der Waals surface area contributed by atoms with Crippen LogP contribution in [0.4, 0.5) is 0 Å². The maximum absolute atomic E-state index is 12.3.